The fourth-order valence-corrected chi connectivity index (χ4v) is 3.73. The molecule has 10 heteroatoms. The van der Waals surface area contributed by atoms with Crippen molar-refractivity contribution in [3.8, 4) is 0 Å². The Bertz CT molecular complexity index is 1040. The molecule has 2 aromatic carbocycles. The summed E-state index contributed by atoms with van der Waals surface area (Å²) in [5.74, 6) is -3.80. The van der Waals surface area contributed by atoms with Gasteiger partial charge in [0.15, 0.2) is 0 Å². The van der Waals surface area contributed by atoms with Crippen molar-refractivity contribution in [3.63, 3.8) is 0 Å². The zero-order chi connectivity index (χ0) is 21.5. The average molecular weight is 434 g/mol. The van der Waals surface area contributed by atoms with Crippen LogP contribution in [0.3, 0.4) is 0 Å². The summed E-state index contributed by atoms with van der Waals surface area (Å²) in [5.41, 5.74) is 2.31. The van der Waals surface area contributed by atoms with Crippen molar-refractivity contribution in [2.45, 2.75) is 25.2 Å². The molecule has 2 aliphatic rings. The number of fused-ring (bicyclic) bond motifs is 1. The number of rotatable bonds is 4. The van der Waals surface area contributed by atoms with E-state index in [1.165, 1.54) is 17.0 Å². The van der Waals surface area contributed by atoms with Gasteiger partial charge in [0, 0.05) is 35.9 Å². The third-order valence-corrected chi connectivity index (χ3v) is 5.12. The molecular formula is C20H17ClFN3O5. The van der Waals surface area contributed by atoms with E-state index in [4.69, 9.17) is 16.3 Å². The van der Waals surface area contributed by atoms with Crippen LogP contribution in [-0.2, 0) is 27.3 Å². The molecule has 0 unspecified atom stereocenters. The molecule has 0 aliphatic carbocycles. The van der Waals surface area contributed by atoms with Gasteiger partial charge in [-0.1, -0.05) is 11.6 Å². The van der Waals surface area contributed by atoms with Gasteiger partial charge < -0.3 is 25.4 Å². The van der Waals surface area contributed by atoms with E-state index in [9.17, 15) is 23.9 Å². The summed E-state index contributed by atoms with van der Waals surface area (Å²) in [6.45, 7) is 0.0262. The Labute approximate surface area is 175 Å². The summed E-state index contributed by atoms with van der Waals surface area (Å²) in [7, 11) is 0. The third kappa shape index (κ3) is 3.94. The van der Waals surface area contributed by atoms with Crippen molar-refractivity contribution in [2.75, 3.05) is 16.8 Å². The average Bonchev–Trinajstić information content (AvgIpc) is 3.18. The van der Waals surface area contributed by atoms with E-state index in [1.807, 2.05) is 0 Å². The number of aliphatic hydroxyl groups is 1. The number of carbonyl (C=O) groups is 3. The fraction of sp³-hybridized carbons (Fsp3) is 0.250. The van der Waals surface area contributed by atoms with E-state index < -0.39 is 23.6 Å². The Morgan fingerprint density at radius 3 is 2.87 bits per heavy atom. The van der Waals surface area contributed by atoms with E-state index in [-0.39, 0.29) is 36.9 Å². The highest BCUT2D eigenvalue weighted by molar-refractivity contribution is 6.30. The van der Waals surface area contributed by atoms with E-state index in [2.05, 4.69) is 10.6 Å². The molecule has 1 saturated heterocycles. The molecule has 0 radical (unpaired) electrons. The summed E-state index contributed by atoms with van der Waals surface area (Å²) in [5, 5.41) is 15.8. The van der Waals surface area contributed by atoms with Crippen LogP contribution in [0.15, 0.2) is 36.4 Å². The van der Waals surface area contributed by atoms with Gasteiger partial charge in [-0.05, 0) is 47.5 Å². The molecule has 2 heterocycles. The molecule has 30 heavy (non-hydrogen) atoms. The van der Waals surface area contributed by atoms with Crippen LogP contribution < -0.4 is 15.5 Å². The fourth-order valence-electron chi connectivity index (χ4n) is 3.48. The van der Waals surface area contributed by atoms with Gasteiger partial charge in [-0.2, -0.15) is 0 Å². The highest BCUT2D eigenvalue weighted by Crippen LogP contribution is 2.33. The Morgan fingerprint density at radius 2 is 2.10 bits per heavy atom. The second-order valence-electron chi connectivity index (χ2n) is 7.08. The molecule has 1 fully saturated rings. The van der Waals surface area contributed by atoms with Gasteiger partial charge in [0.05, 0.1) is 6.42 Å². The maximum Gasteiger partial charge on any atom is 0.410 e. The SMILES string of the molecule is O=C1Cc2cc(N3CC[C@](O)(OC(=O)NCc4cc(F)cc(Cl)c4)C3=O)ccc2N1. The number of alkyl carbamates (subject to hydrolysis) is 1. The lowest BCUT2D eigenvalue weighted by molar-refractivity contribution is -0.175. The normalized spacial score (nSPS) is 20.2. The van der Waals surface area contributed by atoms with E-state index in [0.717, 1.165) is 11.6 Å². The Kier molecular flexibility index (Phi) is 5.08. The van der Waals surface area contributed by atoms with Crippen molar-refractivity contribution in [2.24, 2.45) is 0 Å². The Morgan fingerprint density at radius 1 is 1.30 bits per heavy atom. The van der Waals surface area contributed by atoms with Crippen LogP contribution in [-0.4, -0.2) is 35.3 Å². The topological polar surface area (TPSA) is 108 Å². The zero-order valence-corrected chi connectivity index (χ0v) is 16.3. The Hall–Kier alpha value is -3.17. The molecule has 3 amide bonds. The maximum absolute atomic E-state index is 13.4. The summed E-state index contributed by atoms with van der Waals surface area (Å²) < 4.78 is 18.3. The van der Waals surface area contributed by atoms with Gasteiger partial charge in [0.2, 0.25) is 5.91 Å². The third-order valence-electron chi connectivity index (χ3n) is 4.90. The van der Waals surface area contributed by atoms with E-state index in [0.29, 0.717) is 16.9 Å². The standard InChI is InChI=1S/C20H17ClFN3O5/c21-13-5-11(6-14(22)9-13)10-23-19(28)30-20(29)3-4-25(18(20)27)15-1-2-16-12(7-15)8-17(26)24-16/h1-2,5-7,9,29H,3-4,8,10H2,(H,23,28)(H,24,26)/t20-/m0/s1. The van der Waals surface area contributed by atoms with Gasteiger partial charge in [0.1, 0.15) is 5.82 Å². The lowest BCUT2D eigenvalue weighted by atomic mass is 10.1. The zero-order valence-electron chi connectivity index (χ0n) is 15.6. The smallest absolute Gasteiger partial charge is 0.407 e. The Balaban J connectivity index is 1.40. The van der Waals surface area contributed by atoms with Crippen LogP contribution in [0, 0.1) is 5.82 Å². The molecular weight excluding hydrogens is 417 g/mol. The van der Waals surface area contributed by atoms with E-state index >= 15 is 0 Å². The van der Waals surface area contributed by atoms with Crippen LogP contribution in [0.4, 0.5) is 20.6 Å². The molecule has 0 spiro atoms. The van der Waals surface area contributed by atoms with Crippen molar-refractivity contribution in [1.82, 2.24) is 5.32 Å². The lowest BCUT2D eigenvalue weighted by Gasteiger charge is -2.22. The molecule has 0 bridgehead atoms. The minimum atomic E-state index is -2.32. The van der Waals surface area contributed by atoms with Crippen molar-refractivity contribution >= 4 is 40.9 Å². The van der Waals surface area contributed by atoms with Gasteiger partial charge in [0.25, 0.3) is 11.7 Å². The van der Waals surface area contributed by atoms with Gasteiger partial charge in [-0.15, -0.1) is 0 Å². The van der Waals surface area contributed by atoms with Crippen LogP contribution in [0.25, 0.3) is 0 Å². The number of hydrogen-bond donors (Lipinski definition) is 3. The second kappa shape index (κ2) is 7.58. The monoisotopic (exact) mass is 433 g/mol. The second-order valence-corrected chi connectivity index (χ2v) is 7.51. The van der Waals surface area contributed by atoms with Crippen molar-refractivity contribution in [1.29, 1.82) is 0 Å². The quantitative estimate of drug-likeness (QED) is 0.641. The first-order chi connectivity index (χ1) is 14.2. The highest BCUT2D eigenvalue weighted by atomic mass is 35.5. The van der Waals surface area contributed by atoms with Crippen LogP contribution in [0.5, 0.6) is 0 Å². The van der Waals surface area contributed by atoms with Gasteiger partial charge >= 0.3 is 6.09 Å². The molecule has 0 saturated carbocycles. The molecule has 2 aromatic rings. The molecule has 2 aliphatic heterocycles. The first-order valence-electron chi connectivity index (χ1n) is 9.12. The number of nitrogens with zero attached hydrogens (tertiary/aromatic N) is 1. The number of amides is 3. The molecule has 0 aromatic heterocycles. The van der Waals surface area contributed by atoms with Crippen molar-refractivity contribution < 1.29 is 28.6 Å². The minimum absolute atomic E-state index is 0.101. The molecule has 3 N–H and O–H groups in total. The molecule has 156 valence electrons. The number of anilines is 2. The number of hydrogen-bond acceptors (Lipinski definition) is 5. The number of ether oxygens (including phenoxy) is 1. The summed E-state index contributed by atoms with van der Waals surface area (Å²) in [4.78, 5) is 37.6. The van der Waals surface area contributed by atoms with Crippen LogP contribution in [0.1, 0.15) is 17.5 Å². The molecule has 4 rings (SSSR count). The summed E-state index contributed by atoms with van der Waals surface area (Å²) in [6, 6.07) is 8.79. The predicted molar refractivity (Wildman–Crippen MR) is 105 cm³/mol. The molecule has 1 atom stereocenters. The van der Waals surface area contributed by atoms with Gasteiger partial charge in [-0.3, -0.25) is 9.59 Å². The summed E-state index contributed by atoms with van der Waals surface area (Å²) in [6.07, 6.45) is -0.950. The highest BCUT2D eigenvalue weighted by Gasteiger charge is 2.49. The largest absolute Gasteiger partial charge is 0.410 e. The minimum Gasteiger partial charge on any atom is -0.407 e. The number of halogens is 2. The summed E-state index contributed by atoms with van der Waals surface area (Å²) >= 11 is 5.76. The van der Waals surface area contributed by atoms with Crippen LogP contribution >= 0.6 is 11.6 Å². The van der Waals surface area contributed by atoms with Gasteiger partial charge in [-0.25, -0.2) is 9.18 Å². The number of benzene rings is 2. The first kappa shape index (κ1) is 20.1. The van der Waals surface area contributed by atoms with E-state index in [1.54, 1.807) is 18.2 Å². The molecule has 8 nitrogen and oxygen atoms in total. The van der Waals surface area contributed by atoms with Crippen LogP contribution in [0.2, 0.25) is 5.02 Å². The number of nitrogens with one attached hydrogen (secondary N) is 2. The predicted octanol–water partition coefficient (Wildman–Crippen LogP) is 2.33. The maximum atomic E-state index is 13.4. The first-order valence-corrected chi connectivity index (χ1v) is 9.50. The number of carbonyl (C=O) groups excluding carboxylic acids is 3. The van der Waals surface area contributed by atoms with Crippen molar-refractivity contribution in [3.05, 3.63) is 58.4 Å². The lowest BCUT2D eigenvalue weighted by Crippen LogP contribution is -2.46.